The lowest BCUT2D eigenvalue weighted by atomic mass is 10.1. The fourth-order valence-electron chi connectivity index (χ4n) is 2.29. The molecule has 0 bridgehead atoms. The van der Waals surface area contributed by atoms with E-state index in [0.717, 1.165) is 17.9 Å². The average Bonchev–Trinajstić information content (AvgIpc) is 2.72. The summed E-state index contributed by atoms with van der Waals surface area (Å²) in [5.74, 6) is 0.884. The van der Waals surface area contributed by atoms with E-state index in [4.69, 9.17) is 0 Å². The maximum absolute atomic E-state index is 11.9. The van der Waals surface area contributed by atoms with E-state index in [0.29, 0.717) is 0 Å². The zero-order valence-electron chi connectivity index (χ0n) is 9.40. The van der Waals surface area contributed by atoms with Crippen LogP contribution in [0.15, 0.2) is 42.1 Å². The zero-order valence-corrected chi connectivity index (χ0v) is 10.2. The van der Waals surface area contributed by atoms with Crippen molar-refractivity contribution >= 4 is 23.7 Å². The van der Waals surface area contributed by atoms with Crippen molar-refractivity contribution in [2.45, 2.75) is 11.7 Å². The number of hydrogen-bond acceptors (Lipinski definition) is 2. The lowest BCUT2D eigenvalue weighted by Crippen LogP contribution is -2.38. The molecular formula is C14H13NOS. The van der Waals surface area contributed by atoms with Crippen LogP contribution >= 0.6 is 11.8 Å². The zero-order chi connectivity index (χ0) is 11.8. The van der Waals surface area contributed by atoms with E-state index in [1.54, 1.807) is 11.8 Å². The second kappa shape index (κ2) is 4.08. The van der Waals surface area contributed by atoms with Crippen molar-refractivity contribution in [3.8, 4) is 0 Å². The Labute approximate surface area is 105 Å². The Bertz CT molecular complexity index is 533. The SMILES string of the molecule is C=C1CSC(C2=Cc3ccccc3C2)C(=O)N1. The predicted molar refractivity (Wildman–Crippen MR) is 71.7 cm³/mol. The Kier molecular flexibility index (Phi) is 2.56. The Balaban J connectivity index is 1.84. The van der Waals surface area contributed by atoms with Gasteiger partial charge in [-0.15, -0.1) is 11.8 Å². The maximum Gasteiger partial charge on any atom is 0.241 e. The molecule has 1 aliphatic carbocycles. The number of nitrogens with one attached hydrogen (secondary N) is 1. The van der Waals surface area contributed by atoms with E-state index < -0.39 is 0 Å². The van der Waals surface area contributed by atoms with Gasteiger partial charge in [0.15, 0.2) is 0 Å². The second-order valence-corrected chi connectivity index (χ2v) is 5.47. The molecule has 0 aromatic heterocycles. The highest BCUT2D eigenvalue weighted by Gasteiger charge is 2.30. The molecule has 1 atom stereocenters. The first-order valence-electron chi connectivity index (χ1n) is 5.62. The normalized spacial score (nSPS) is 23.1. The molecule has 17 heavy (non-hydrogen) atoms. The number of hydrogen-bond donors (Lipinski definition) is 1. The second-order valence-electron chi connectivity index (χ2n) is 4.38. The number of carbonyl (C=O) groups is 1. The summed E-state index contributed by atoms with van der Waals surface area (Å²) in [4.78, 5) is 11.9. The highest BCUT2D eigenvalue weighted by atomic mass is 32.2. The largest absolute Gasteiger partial charge is 0.328 e. The van der Waals surface area contributed by atoms with Crippen LogP contribution in [-0.4, -0.2) is 16.9 Å². The third-order valence-corrected chi connectivity index (χ3v) is 4.45. The number of carbonyl (C=O) groups excluding carboxylic acids is 1. The summed E-state index contributed by atoms with van der Waals surface area (Å²) in [6.45, 7) is 3.79. The fraction of sp³-hybridized carbons (Fsp3) is 0.214. The van der Waals surface area contributed by atoms with E-state index >= 15 is 0 Å². The Morgan fingerprint density at radius 2 is 2.18 bits per heavy atom. The van der Waals surface area contributed by atoms with E-state index in [-0.39, 0.29) is 11.2 Å². The molecule has 1 N–H and O–H groups in total. The smallest absolute Gasteiger partial charge is 0.241 e. The van der Waals surface area contributed by atoms with Gasteiger partial charge in [-0.3, -0.25) is 4.79 Å². The van der Waals surface area contributed by atoms with Crippen LogP contribution in [0.4, 0.5) is 0 Å². The Morgan fingerprint density at radius 1 is 1.35 bits per heavy atom. The van der Waals surface area contributed by atoms with Crippen LogP contribution in [0.25, 0.3) is 6.08 Å². The van der Waals surface area contributed by atoms with Crippen molar-refractivity contribution in [2.75, 3.05) is 5.75 Å². The van der Waals surface area contributed by atoms with Crippen LogP contribution in [-0.2, 0) is 11.2 Å². The summed E-state index contributed by atoms with van der Waals surface area (Å²) in [5.41, 5.74) is 4.59. The molecule has 1 aromatic rings. The van der Waals surface area contributed by atoms with Gasteiger partial charge in [-0.05, 0) is 23.1 Å². The third-order valence-electron chi connectivity index (χ3n) is 3.09. The van der Waals surface area contributed by atoms with Crippen molar-refractivity contribution in [1.82, 2.24) is 5.32 Å². The van der Waals surface area contributed by atoms with Gasteiger partial charge in [0.1, 0.15) is 5.25 Å². The molecule has 3 heteroatoms. The predicted octanol–water partition coefficient (Wildman–Crippen LogP) is 2.37. The highest BCUT2D eigenvalue weighted by Crippen LogP contribution is 2.34. The van der Waals surface area contributed by atoms with Crippen molar-refractivity contribution in [3.63, 3.8) is 0 Å². The molecule has 0 spiro atoms. The summed E-state index contributed by atoms with van der Waals surface area (Å²) < 4.78 is 0. The molecule has 1 aromatic carbocycles. The van der Waals surface area contributed by atoms with E-state index in [9.17, 15) is 4.79 Å². The standard InChI is InChI=1S/C14H13NOS/c1-9-8-17-13(14(16)15-9)12-6-10-4-2-3-5-11(10)7-12/h2-6,13H,1,7-8H2,(H,15,16). The Morgan fingerprint density at radius 3 is 2.94 bits per heavy atom. The average molecular weight is 243 g/mol. The van der Waals surface area contributed by atoms with Crippen LogP contribution in [0.2, 0.25) is 0 Å². The van der Waals surface area contributed by atoms with E-state index in [1.807, 2.05) is 12.1 Å². The van der Waals surface area contributed by atoms with Gasteiger partial charge in [0, 0.05) is 11.4 Å². The highest BCUT2D eigenvalue weighted by molar-refractivity contribution is 8.01. The van der Waals surface area contributed by atoms with E-state index in [2.05, 4.69) is 30.1 Å². The van der Waals surface area contributed by atoms with Gasteiger partial charge >= 0.3 is 0 Å². The number of thioether (sulfide) groups is 1. The first kappa shape index (κ1) is 10.7. The molecule has 3 rings (SSSR count). The lowest BCUT2D eigenvalue weighted by Gasteiger charge is -2.24. The molecule has 1 aliphatic heterocycles. The lowest BCUT2D eigenvalue weighted by molar-refractivity contribution is -0.119. The monoisotopic (exact) mass is 243 g/mol. The van der Waals surface area contributed by atoms with Crippen LogP contribution < -0.4 is 5.32 Å². The summed E-state index contributed by atoms with van der Waals surface area (Å²) in [6, 6.07) is 8.32. The molecule has 2 aliphatic rings. The van der Waals surface area contributed by atoms with Crippen molar-refractivity contribution in [1.29, 1.82) is 0 Å². The molecule has 1 fully saturated rings. The third kappa shape index (κ3) is 1.91. The van der Waals surface area contributed by atoms with Crippen LogP contribution in [0, 0.1) is 0 Å². The van der Waals surface area contributed by atoms with Gasteiger partial charge < -0.3 is 5.32 Å². The minimum absolute atomic E-state index is 0.0482. The molecule has 1 amide bonds. The molecular weight excluding hydrogens is 230 g/mol. The summed E-state index contributed by atoms with van der Waals surface area (Å²) in [5, 5.41) is 2.79. The summed E-state index contributed by atoms with van der Waals surface area (Å²) >= 11 is 1.67. The minimum Gasteiger partial charge on any atom is -0.328 e. The molecule has 0 saturated carbocycles. The molecule has 2 nitrogen and oxygen atoms in total. The van der Waals surface area contributed by atoms with Gasteiger partial charge in [-0.1, -0.05) is 36.9 Å². The molecule has 1 unspecified atom stereocenters. The molecule has 0 radical (unpaired) electrons. The molecule has 86 valence electrons. The topological polar surface area (TPSA) is 29.1 Å². The fourth-order valence-corrected chi connectivity index (χ4v) is 3.30. The number of rotatable bonds is 1. The maximum atomic E-state index is 11.9. The van der Waals surface area contributed by atoms with Gasteiger partial charge in [0.2, 0.25) is 5.91 Å². The number of amides is 1. The van der Waals surface area contributed by atoms with Crippen molar-refractivity contribution < 1.29 is 4.79 Å². The van der Waals surface area contributed by atoms with Crippen LogP contribution in [0.3, 0.4) is 0 Å². The first-order chi connectivity index (χ1) is 8.24. The van der Waals surface area contributed by atoms with Gasteiger partial charge in [-0.25, -0.2) is 0 Å². The molecule has 1 heterocycles. The van der Waals surface area contributed by atoms with Crippen LogP contribution in [0.5, 0.6) is 0 Å². The van der Waals surface area contributed by atoms with Gasteiger partial charge in [-0.2, -0.15) is 0 Å². The molecule has 1 saturated heterocycles. The van der Waals surface area contributed by atoms with Gasteiger partial charge in [0.05, 0.1) is 0 Å². The van der Waals surface area contributed by atoms with Crippen LogP contribution in [0.1, 0.15) is 11.1 Å². The van der Waals surface area contributed by atoms with Gasteiger partial charge in [0.25, 0.3) is 0 Å². The first-order valence-corrected chi connectivity index (χ1v) is 6.67. The van der Waals surface area contributed by atoms with Crippen molar-refractivity contribution in [2.24, 2.45) is 0 Å². The number of benzene rings is 1. The summed E-state index contributed by atoms with van der Waals surface area (Å²) in [7, 11) is 0. The van der Waals surface area contributed by atoms with Crippen molar-refractivity contribution in [3.05, 3.63) is 53.2 Å². The summed E-state index contributed by atoms with van der Waals surface area (Å²) in [6.07, 6.45) is 3.05. The number of fused-ring (bicyclic) bond motifs is 1. The Hall–Kier alpha value is -1.48. The quantitative estimate of drug-likeness (QED) is 0.820. The minimum atomic E-state index is -0.0482. The van der Waals surface area contributed by atoms with E-state index in [1.165, 1.54) is 16.7 Å².